The summed E-state index contributed by atoms with van der Waals surface area (Å²) < 4.78 is 10.5. The Balaban J connectivity index is 1.92. The van der Waals surface area contributed by atoms with Gasteiger partial charge < -0.3 is 19.7 Å². The van der Waals surface area contributed by atoms with Gasteiger partial charge in [-0.15, -0.1) is 0 Å². The first-order chi connectivity index (χ1) is 9.22. The first-order valence-electron chi connectivity index (χ1n) is 6.40. The van der Waals surface area contributed by atoms with E-state index in [2.05, 4.69) is 17.2 Å². The van der Waals surface area contributed by atoms with Gasteiger partial charge in [0.05, 0.1) is 31.7 Å². The van der Waals surface area contributed by atoms with Gasteiger partial charge >= 0.3 is 6.03 Å². The highest BCUT2D eigenvalue weighted by Crippen LogP contribution is 2.13. The summed E-state index contributed by atoms with van der Waals surface area (Å²) in [5.74, 6) is 0.524. The van der Waals surface area contributed by atoms with Gasteiger partial charge in [0.1, 0.15) is 0 Å². The molecule has 2 heterocycles. The van der Waals surface area contributed by atoms with Crippen molar-refractivity contribution in [2.24, 2.45) is 0 Å². The quantitative estimate of drug-likeness (QED) is 0.904. The van der Waals surface area contributed by atoms with Crippen LogP contribution in [0.15, 0.2) is 18.3 Å². The van der Waals surface area contributed by atoms with Crippen LogP contribution in [0.5, 0.6) is 5.88 Å². The fourth-order valence-electron chi connectivity index (χ4n) is 1.93. The molecule has 2 rings (SSSR count). The van der Waals surface area contributed by atoms with E-state index in [9.17, 15) is 4.79 Å². The van der Waals surface area contributed by atoms with E-state index in [4.69, 9.17) is 9.47 Å². The summed E-state index contributed by atoms with van der Waals surface area (Å²) in [4.78, 5) is 17.9. The van der Waals surface area contributed by atoms with Gasteiger partial charge in [-0.3, -0.25) is 0 Å². The SMILES string of the molecule is CCC1CN(C(=O)Nc2ccc(OC)nc2)CCO1. The average molecular weight is 265 g/mol. The highest BCUT2D eigenvalue weighted by Gasteiger charge is 2.22. The predicted molar refractivity (Wildman–Crippen MR) is 71.4 cm³/mol. The zero-order chi connectivity index (χ0) is 13.7. The van der Waals surface area contributed by atoms with Crippen LogP contribution in [0.4, 0.5) is 10.5 Å². The minimum absolute atomic E-state index is 0.117. The minimum Gasteiger partial charge on any atom is -0.481 e. The maximum absolute atomic E-state index is 12.1. The zero-order valence-electron chi connectivity index (χ0n) is 11.3. The van der Waals surface area contributed by atoms with Crippen LogP contribution in [0.3, 0.4) is 0 Å². The molecule has 0 saturated carbocycles. The molecule has 0 spiro atoms. The Labute approximate surface area is 112 Å². The predicted octanol–water partition coefficient (Wildman–Crippen LogP) is 1.73. The van der Waals surface area contributed by atoms with E-state index in [0.717, 1.165) is 6.42 Å². The summed E-state index contributed by atoms with van der Waals surface area (Å²) in [6.45, 7) is 3.89. The number of anilines is 1. The Morgan fingerprint density at radius 1 is 1.63 bits per heavy atom. The van der Waals surface area contributed by atoms with E-state index in [1.165, 1.54) is 0 Å². The lowest BCUT2D eigenvalue weighted by Gasteiger charge is -2.32. The molecule has 2 amide bonds. The molecule has 1 aromatic rings. The molecule has 1 fully saturated rings. The van der Waals surface area contributed by atoms with Gasteiger partial charge in [-0.25, -0.2) is 9.78 Å². The maximum Gasteiger partial charge on any atom is 0.322 e. The number of rotatable bonds is 3. The van der Waals surface area contributed by atoms with Gasteiger partial charge in [0.25, 0.3) is 0 Å². The lowest BCUT2D eigenvalue weighted by molar-refractivity contribution is -0.0134. The van der Waals surface area contributed by atoms with Crippen LogP contribution in [0.2, 0.25) is 0 Å². The topological polar surface area (TPSA) is 63.7 Å². The smallest absolute Gasteiger partial charge is 0.322 e. The average Bonchev–Trinajstić information content (AvgIpc) is 2.48. The number of carbonyl (C=O) groups excluding carboxylic acids is 1. The lowest BCUT2D eigenvalue weighted by Crippen LogP contribution is -2.47. The van der Waals surface area contributed by atoms with Crippen LogP contribution >= 0.6 is 0 Å². The summed E-state index contributed by atoms with van der Waals surface area (Å²) in [6, 6.07) is 3.36. The molecule has 1 atom stereocenters. The summed E-state index contributed by atoms with van der Waals surface area (Å²) in [6.07, 6.45) is 2.62. The number of amides is 2. The van der Waals surface area contributed by atoms with Crippen molar-refractivity contribution in [1.82, 2.24) is 9.88 Å². The van der Waals surface area contributed by atoms with Gasteiger partial charge in [0.15, 0.2) is 0 Å². The van der Waals surface area contributed by atoms with Crippen molar-refractivity contribution in [3.8, 4) is 5.88 Å². The van der Waals surface area contributed by atoms with Crippen molar-refractivity contribution >= 4 is 11.7 Å². The first-order valence-corrected chi connectivity index (χ1v) is 6.40. The van der Waals surface area contributed by atoms with Crippen LogP contribution < -0.4 is 10.1 Å². The van der Waals surface area contributed by atoms with Gasteiger partial charge in [-0.05, 0) is 12.5 Å². The van der Waals surface area contributed by atoms with E-state index in [0.29, 0.717) is 31.3 Å². The zero-order valence-corrected chi connectivity index (χ0v) is 11.3. The van der Waals surface area contributed by atoms with E-state index >= 15 is 0 Å². The second kappa shape index (κ2) is 6.38. The molecule has 6 nitrogen and oxygen atoms in total. The minimum atomic E-state index is -0.117. The lowest BCUT2D eigenvalue weighted by atomic mass is 10.2. The highest BCUT2D eigenvalue weighted by atomic mass is 16.5. The molecule has 1 aliphatic heterocycles. The summed E-state index contributed by atoms with van der Waals surface area (Å²) in [5.41, 5.74) is 0.658. The van der Waals surface area contributed by atoms with E-state index in [1.54, 1.807) is 30.3 Å². The molecular weight excluding hydrogens is 246 g/mol. The van der Waals surface area contributed by atoms with Gasteiger partial charge in [-0.1, -0.05) is 6.92 Å². The van der Waals surface area contributed by atoms with Crippen molar-refractivity contribution in [2.45, 2.75) is 19.4 Å². The Morgan fingerprint density at radius 3 is 3.11 bits per heavy atom. The molecule has 0 aliphatic carbocycles. The van der Waals surface area contributed by atoms with Crippen molar-refractivity contribution < 1.29 is 14.3 Å². The molecule has 1 aromatic heterocycles. The normalized spacial score (nSPS) is 19.1. The number of pyridine rings is 1. The van der Waals surface area contributed by atoms with E-state index < -0.39 is 0 Å². The van der Waals surface area contributed by atoms with Crippen molar-refractivity contribution in [3.05, 3.63) is 18.3 Å². The third-order valence-electron chi connectivity index (χ3n) is 3.08. The first kappa shape index (κ1) is 13.6. The number of ether oxygens (including phenoxy) is 2. The largest absolute Gasteiger partial charge is 0.481 e. The Morgan fingerprint density at radius 2 is 2.47 bits per heavy atom. The third-order valence-corrected chi connectivity index (χ3v) is 3.08. The molecule has 1 N–H and O–H groups in total. The standard InChI is InChI=1S/C13H19N3O3/c1-3-11-9-16(6-7-19-11)13(17)15-10-4-5-12(18-2)14-8-10/h4-5,8,11H,3,6-7,9H2,1-2H3,(H,15,17). The molecule has 1 saturated heterocycles. The van der Waals surface area contributed by atoms with E-state index in [-0.39, 0.29) is 12.1 Å². The summed E-state index contributed by atoms with van der Waals surface area (Å²) >= 11 is 0. The number of nitrogens with one attached hydrogen (secondary N) is 1. The number of aromatic nitrogens is 1. The molecule has 0 radical (unpaired) electrons. The van der Waals surface area contributed by atoms with Gasteiger partial charge in [0, 0.05) is 19.2 Å². The van der Waals surface area contributed by atoms with Crippen LogP contribution in [0.25, 0.3) is 0 Å². The number of morpholine rings is 1. The molecule has 6 heteroatoms. The second-order valence-electron chi connectivity index (χ2n) is 4.37. The van der Waals surface area contributed by atoms with Crippen molar-refractivity contribution in [1.29, 1.82) is 0 Å². The Kier molecular flexibility index (Phi) is 4.57. The monoisotopic (exact) mass is 265 g/mol. The molecule has 0 aromatic carbocycles. The molecule has 104 valence electrons. The Hall–Kier alpha value is -1.82. The molecule has 0 bridgehead atoms. The summed E-state index contributed by atoms with van der Waals surface area (Å²) in [5, 5.41) is 2.82. The van der Waals surface area contributed by atoms with Crippen LogP contribution in [0.1, 0.15) is 13.3 Å². The van der Waals surface area contributed by atoms with Crippen LogP contribution in [0, 0.1) is 0 Å². The fraction of sp³-hybridized carbons (Fsp3) is 0.538. The number of hydrogen-bond acceptors (Lipinski definition) is 4. The number of urea groups is 1. The van der Waals surface area contributed by atoms with E-state index in [1.807, 2.05) is 0 Å². The molecule has 1 unspecified atom stereocenters. The number of nitrogens with zero attached hydrogens (tertiary/aromatic N) is 2. The fourth-order valence-corrected chi connectivity index (χ4v) is 1.93. The Bertz CT molecular complexity index is 422. The molecule has 19 heavy (non-hydrogen) atoms. The highest BCUT2D eigenvalue weighted by molar-refractivity contribution is 5.89. The molecule has 1 aliphatic rings. The van der Waals surface area contributed by atoms with Crippen molar-refractivity contribution in [3.63, 3.8) is 0 Å². The maximum atomic E-state index is 12.1. The van der Waals surface area contributed by atoms with Crippen molar-refractivity contribution in [2.75, 3.05) is 32.1 Å². The number of hydrogen-bond donors (Lipinski definition) is 1. The number of methoxy groups -OCH3 is 1. The second-order valence-corrected chi connectivity index (χ2v) is 4.37. The van der Waals surface area contributed by atoms with Crippen LogP contribution in [-0.4, -0.2) is 48.8 Å². The third kappa shape index (κ3) is 3.57. The number of carbonyl (C=O) groups is 1. The van der Waals surface area contributed by atoms with Gasteiger partial charge in [-0.2, -0.15) is 0 Å². The van der Waals surface area contributed by atoms with Crippen LogP contribution in [-0.2, 0) is 4.74 Å². The summed E-state index contributed by atoms with van der Waals surface area (Å²) in [7, 11) is 1.55. The molecular formula is C13H19N3O3. The van der Waals surface area contributed by atoms with Gasteiger partial charge in [0.2, 0.25) is 5.88 Å².